The number of hydrogen-bond acceptors (Lipinski definition) is 3. The Bertz CT molecular complexity index is 698. The van der Waals surface area contributed by atoms with Crippen molar-refractivity contribution < 1.29 is 47.4 Å². The number of carbonyl (C=O) groups excluding carboxylic acids is 2. The molecule has 0 unspecified atom stereocenters. The largest absolute Gasteiger partial charge is 0.531 e. The van der Waals surface area contributed by atoms with Crippen LogP contribution in [0.2, 0.25) is 0 Å². The molecule has 0 aliphatic carbocycles. The Hall–Kier alpha value is -1.46. The van der Waals surface area contributed by atoms with Crippen molar-refractivity contribution in [1.29, 1.82) is 0 Å². The molecule has 5 nitrogen and oxygen atoms in total. The van der Waals surface area contributed by atoms with Gasteiger partial charge in [0.05, 0.1) is 0 Å². The molecule has 0 atom stereocenters. The van der Waals surface area contributed by atoms with Gasteiger partial charge in [0.1, 0.15) is 0 Å². The van der Waals surface area contributed by atoms with Gasteiger partial charge in [-0.05, 0) is 45.9 Å². The number of phenols is 1. The zero-order valence-electron chi connectivity index (χ0n) is 15.0. The molecule has 0 aliphatic heterocycles. The van der Waals surface area contributed by atoms with E-state index in [1.54, 1.807) is 0 Å². The topological polar surface area (TPSA) is 78.4 Å². The van der Waals surface area contributed by atoms with E-state index in [1.165, 1.54) is 19.1 Å². The molecule has 0 saturated heterocycles. The number of hydrogen-bond donors (Lipinski definition) is 3. The summed E-state index contributed by atoms with van der Waals surface area (Å²) in [5.74, 6) is -0.688. The quantitative estimate of drug-likeness (QED) is 0.309. The van der Waals surface area contributed by atoms with Gasteiger partial charge in [-0.3, -0.25) is 9.59 Å². The first kappa shape index (κ1) is 22.5. The summed E-state index contributed by atoms with van der Waals surface area (Å²) in [4.78, 5) is 23.5. The van der Waals surface area contributed by atoms with Gasteiger partial charge in [0.15, 0.2) is 0 Å². The van der Waals surface area contributed by atoms with Crippen LogP contribution in [0.3, 0.4) is 0 Å². The minimum Gasteiger partial charge on any atom is -0.531 e. The van der Waals surface area contributed by atoms with E-state index in [0.717, 1.165) is 16.7 Å². The molecule has 1 aromatic rings. The molecule has 6 heteroatoms. The average Bonchev–Trinajstić information content (AvgIpc) is 2.40. The van der Waals surface area contributed by atoms with Crippen molar-refractivity contribution in [2.45, 2.75) is 41.5 Å². The molecule has 0 heterocycles. The van der Waals surface area contributed by atoms with Crippen LogP contribution >= 0.6 is 0 Å². The van der Waals surface area contributed by atoms with Crippen LogP contribution in [-0.2, 0) is 42.3 Å². The van der Waals surface area contributed by atoms with Gasteiger partial charge in [0.25, 0.3) is 0 Å². The zero-order chi connectivity index (χ0) is 17.7. The number of phenolic OH excluding ortho intramolecular Hbond substituents is 1. The maximum absolute atomic E-state index is 12.5. The van der Waals surface area contributed by atoms with E-state index < -0.39 is 0 Å². The summed E-state index contributed by atoms with van der Waals surface area (Å²) in [6.45, 7) is 10.9. The summed E-state index contributed by atoms with van der Waals surface area (Å²) < 4.78 is 0. The fraction of sp³-hybridized carbons (Fsp3) is 0.333. The minimum absolute atomic E-state index is 0. The molecule has 3 N–H and O–H groups in total. The van der Waals surface area contributed by atoms with Gasteiger partial charge in [-0.2, -0.15) is 6.07 Å². The maximum atomic E-state index is 12.5. The summed E-state index contributed by atoms with van der Waals surface area (Å²) in [5.41, 5.74) is 4.02. The summed E-state index contributed by atoms with van der Waals surface area (Å²) in [7, 11) is 0. The molecular weight excluding hydrogens is 381 g/mol. The van der Waals surface area contributed by atoms with Crippen molar-refractivity contribution in [3.8, 4) is 5.75 Å². The molecule has 0 spiro atoms. The SMILES string of the molecule is CC(=O)Nc1[c-]cc(NC(=O)C(=C(C)C)C(C)=C(C)C)c(O)c1.[Y]. The normalized spacial score (nSPS) is 9.42. The molecule has 0 aromatic heterocycles. The minimum atomic E-state index is -0.292. The van der Waals surface area contributed by atoms with Gasteiger partial charge in [0, 0.05) is 51.0 Å². The van der Waals surface area contributed by atoms with Crippen LogP contribution in [0.15, 0.2) is 34.4 Å². The molecule has 0 bridgehead atoms. The van der Waals surface area contributed by atoms with Gasteiger partial charge in [0.2, 0.25) is 11.8 Å². The molecule has 2 amide bonds. The van der Waals surface area contributed by atoms with E-state index in [2.05, 4.69) is 16.7 Å². The monoisotopic (exact) mass is 404 g/mol. The third kappa shape index (κ3) is 6.21. The summed E-state index contributed by atoms with van der Waals surface area (Å²) in [6, 6.07) is 5.57. The van der Waals surface area contributed by atoms with Crippen LogP contribution in [0, 0.1) is 6.07 Å². The Morgan fingerprint density at radius 3 is 2.00 bits per heavy atom. The number of benzene rings is 1. The third-order valence-corrected chi connectivity index (χ3v) is 3.34. The summed E-state index contributed by atoms with van der Waals surface area (Å²) in [5, 5.41) is 15.2. The number of carbonyl (C=O) groups is 2. The number of amides is 2. The van der Waals surface area contributed by atoms with E-state index in [4.69, 9.17) is 0 Å². The zero-order valence-corrected chi connectivity index (χ0v) is 17.8. The molecule has 1 rings (SSSR count). The van der Waals surface area contributed by atoms with Gasteiger partial charge < -0.3 is 15.7 Å². The first-order valence-corrected chi connectivity index (χ1v) is 7.29. The van der Waals surface area contributed by atoms with Gasteiger partial charge >= 0.3 is 0 Å². The maximum Gasteiger partial charge on any atom is 0.245 e. The van der Waals surface area contributed by atoms with Crippen LogP contribution in [0.1, 0.15) is 41.5 Å². The van der Waals surface area contributed by atoms with E-state index in [9.17, 15) is 14.7 Å². The molecule has 127 valence electrons. The first-order chi connectivity index (χ1) is 10.6. The van der Waals surface area contributed by atoms with Crippen molar-refractivity contribution >= 4 is 23.2 Å². The third-order valence-electron chi connectivity index (χ3n) is 3.34. The van der Waals surface area contributed by atoms with Crippen LogP contribution in [0.25, 0.3) is 0 Å². The van der Waals surface area contributed by atoms with Gasteiger partial charge in [-0.15, -0.1) is 12.1 Å². The Morgan fingerprint density at radius 1 is 1.00 bits per heavy atom. The second-order valence-electron chi connectivity index (χ2n) is 5.78. The molecule has 1 aromatic carbocycles. The summed E-state index contributed by atoms with van der Waals surface area (Å²) >= 11 is 0. The molecular formula is C18H23N2O3Y-. The molecule has 0 aliphatic rings. The second-order valence-corrected chi connectivity index (χ2v) is 5.78. The van der Waals surface area contributed by atoms with E-state index in [0.29, 0.717) is 11.3 Å². The Kier molecular flexibility index (Phi) is 9.16. The number of rotatable bonds is 4. The van der Waals surface area contributed by atoms with Crippen LogP contribution < -0.4 is 10.6 Å². The predicted octanol–water partition coefficient (Wildman–Crippen LogP) is 3.78. The van der Waals surface area contributed by atoms with Crippen LogP contribution in [0.4, 0.5) is 11.4 Å². The number of nitrogens with one attached hydrogen (secondary N) is 2. The van der Waals surface area contributed by atoms with Crippen molar-refractivity contribution in [3.05, 3.63) is 40.5 Å². The average molecular weight is 404 g/mol. The number of anilines is 2. The van der Waals surface area contributed by atoms with Crippen molar-refractivity contribution in [2.24, 2.45) is 0 Å². The van der Waals surface area contributed by atoms with E-state index in [-0.39, 0.29) is 56.0 Å². The van der Waals surface area contributed by atoms with Crippen molar-refractivity contribution in [1.82, 2.24) is 0 Å². The predicted molar refractivity (Wildman–Crippen MR) is 92.3 cm³/mol. The smallest absolute Gasteiger partial charge is 0.245 e. The summed E-state index contributed by atoms with van der Waals surface area (Å²) in [6.07, 6.45) is 0. The Labute approximate surface area is 168 Å². The van der Waals surface area contributed by atoms with Crippen molar-refractivity contribution in [2.75, 3.05) is 10.6 Å². The van der Waals surface area contributed by atoms with Crippen molar-refractivity contribution in [3.63, 3.8) is 0 Å². The second kappa shape index (κ2) is 9.75. The first-order valence-electron chi connectivity index (χ1n) is 7.29. The molecule has 0 fully saturated rings. The van der Waals surface area contributed by atoms with Gasteiger partial charge in [-0.25, -0.2) is 0 Å². The number of aromatic hydroxyl groups is 1. The van der Waals surface area contributed by atoms with Gasteiger partial charge in [-0.1, -0.05) is 16.8 Å². The molecule has 1 radical (unpaired) electrons. The fourth-order valence-corrected chi connectivity index (χ4v) is 2.05. The fourth-order valence-electron chi connectivity index (χ4n) is 2.05. The number of allylic oxidation sites excluding steroid dienone is 2. The molecule has 0 saturated carbocycles. The van der Waals surface area contributed by atoms with Crippen LogP contribution in [-0.4, -0.2) is 16.9 Å². The molecule has 24 heavy (non-hydrogen) atoms. The van der Waals surface area contributed by atoms with E-state index >= 15 is 0 Å². The Morgan fingerprint density at radius 2 is 1.58 bits per heavy atom. The standard InChI is InChI=1S/C18H23N2O3.Y/c1-10(2)12(5)17(11(3)4)18(23)20-15-8-7-14(9-16(15)22)19-13(6)21;/h8-9,22H,1-6H3,(H,19,21)(H,20,23);/q-1;. The van der Waals surface area contributed by atoms with E-state index in [1.807, 2.05) is 34.6 Å². The van der Waals surface area contributed by atoms with Crippen LogP contribution in [0.5, 0.6) is 5.75 Å². The Balaban J connectivity index is 0.00000529.